The van der Waals surface area contributed by atoms with E-state index in [9.17, 15) is 28.8 Å². The number of hydrogen-bond acceptors (Lipinski definition) is 8. The normalized spacial score (nSPS) is 17.6. The van der Waals surface area contributed by atoms with Gasteiger partial charge in [0.2, 0.25) is 11.8 Å². The highest BCUT2D eigenvalue weighted by molar-refractivity contribution is 6.24. The molecule has 1 aromatic carbocycles. The molecule has 1 unspecified atom stereocenters. The van der Waals surface area contributed by atoms with Crippen molar-refractivity contribution < 1.29 is 33.5 Å². The average molecular weight is 528 g/mol. The topological polar surface area (TPSA) is 163 Å². The van der Waals surface area contributed by atoms with Crippen LogP contribution in [0.4, 0.5) is 0 Å². The summed E-state index contributed by atoms with van der Waals surface area (Å²) in [5.41, 5.74) is 0.757. The third kappa shape index (κ3) is 6.88. The minimum atomic E-state index is -1.09. The van der Waals surface area contributed by atoms with Gasteiger partial charge in [0.05, 0.1) is 17.2 Å². The van der Waals surface area contributed by atoms with Crippen molar-refractivity contribution in [2.24, 2.45) is 4.99 Å². The minimum absolute atomic E-state index is 0.0147. The fourth-order valence-corrected chi connectivity index (χ4v) is 4.36. The van der Waals surface area contributed by atoms with Crippen LogP contribution < -0.4 is 20.7 Å². The summed E-state index contributed by atoms with van der Waals surface area (Å²) in [6, 6.07) is 3.00. The van der Waals surface area contributed by atoms with E-state index >= 15 is 0 Å². The summed E-state index contributed by atoms with van der Waals surface area (Å²) in [7, 11) is 0. The van der Waals surface area contributed by atoms with Gasteiger partial charge < -0.3 is 15.4 Å². The zero-order chi connectivity index (χ0) is 27.8. The molecule has 204 valence electrons. The van der Waals surface area contributed by atoms with Crippen molar-refractivity contribution >= 4 is 41.2 Å². The quantitative estimate of drug-likeness (QED) is 0.204. The summed E-state index contributed by atoms with van der Waals surface area (Å²) in [6.45, 7) is 6.10. The monoisotopic (exact) mass is 527 g/mol. The lowest BCUT2D eigenvalue weighted by molar-refractivity contribution is -0.136. The third-order valence-corrected chi connectivity index (χ3v) is 6.11. The lowest BCUT2D eigenvalue weighted by Gasteiger charge is -2.27. The van der Waals surface area contributed by atoms with E-state index in [1.807, 2.05) is 6.92 Å². The number of ether oxygens (including phenoxy) is 1. The van der Waals surface area contributed by atoms with E-state index in [-0.39, 0.29) is 48.3 Å². The van der Waals surface area contributed by atoms with E-state index in [4.69, 9.17) is 4.74 Å². The molecule has 12 heteroatoms. The Labute approximate surface area is 220 Å². The highest BCUT2D eigenvalue weighted by Gasteiger charge is 2.46. The number of imide groups is 2. The molecule has 1 saturated heterocycles. The van der Waals surface area contributed by atoms with Crippen LogP contribution in [0.2, 0.25) is 0 Å². The lowest BCUT2D eigenvalue weighted by atomic mass is 10.0. The molecule has 3 rings (SSSR count). The summed E-state index contributed by atoms with van der Waals surface area (Å²) < 4.78 is 5.57. The van der Waals surface area contributed by atoms with Gasteiger partial charge in [-0.2, -0.15) is 0 Å². The molecule has 0 radical (unpaired) electrons. The van der Waals surface area contributed by atoms with Gasteiger partial charge in [0, 0.05) is 18.7 Å². The second-order valence-corrected chi connectivity index (χ2v) is 9.27. The number of piperidine rings is 1. The van der Waals surface area contributed by atoms with Crippen LogP contribution in [0.25, 0.3) is 0 Å². The van der Waals surface area contributed by atoms with Crippen LogP contribution in [0.1, 0.15) is 73.6 Å². The van der Waals surface area contributed by atoms with E-state index < -0.39 is 35.6 Å². The van der Waals surface area contributed by atoms with Gasteiger partial charge in [0.1, 0.15) is 11.8 Å². The Hall–Kier alpha value is -3.93. The molecule has 0 aromatic heterocycles. The fourth-order valence-electron chi connectivity index (χ4n) is 4.36. The van der Waals surface area contributed by atoms with Crippen LogP contribution >= 0.6 is 0 Å². The van der Waals surface area contributed by atoms with Crippen LogP contribution in [-0.2, 0) is 19.2 Å². The molecule has 2 atom stereocenters. The highest BCUT2D eigenvalue weighted by Crippen LogP contribution is 2.33. The summed E-state index contributed by atoms with van der Waals surface area (Å²) in [5.74, 6) is -3.07. The zero-order valence-electron chi connectivity index (χ0n) is 21.8. The summed E-state index contributed by atoms with van der Waals surface area (Å²) in [4.78, 5) is 79.0. The molecule has 2 aliphatic heterocycles. The first-order chi connectivity index (χ1) is 18.1. The Kier molecular flexibility index (Phi) is 9.83. The molecule has 2 aliphatic rings. The Balaban J connectivity index is 1.50. The first-order valence-corrected chi connectivity index (χ1v) is 12.7. The van der Waals surface area contributed by atoms with E-state index in [0.717, 1.165) is 4.90 Å². The van der Waals surface area contributed by atoms with Gasteiger partial charge >= 0.3 is 0 Å². The second-order valence-electron chi connectivity index (χ2n) is 9.27. The fraction of sp³-hybridized carbons (Fsp3) is 0.500. The lowest BCUT2D eigenvalue weighted by Crippen LogP contribution is -2.54. The highest BCUT2D eigenvalue weighted by atomic mass is 16.5. The summed E-state index contributed by atoms with van der Waals surface area (Å²) in [6.07, 6.45) is 1.99. The summed E-state index contributed by atoms with van der Waals surface area (Å²) in [5, 5.41) is 8.01. The van der Waals surface area contributed by atoms with Gasteiger partial charge in [-0.25, -0.2) is 4.99 Å². The summed E-state index contributed by atoms with van der Waals surface area (Å²) >= 11 is 0. The maximum absolute atomic E-state index is 13.1. The number of fused-ring (bicyclic) bond motifs is 1. The minimum Gasteiger partial charge on any atom is -0.483 e. The van der Waals surface area contributed by atoms with Crippen molar-refractivity contribution in [1.82, 2.24) is 20.9 Å². The van der Waals surface area contributed by atoms with Crippen LogP contribution in [0, 0.1) is 0 Å². The standard InChI is InChI=1S/C26H33N5O7/c1-4-27-17(23(34)29-15(2)3)9-5-6-13-28-21(33)14-38-19-10-7-8-16-22(19)26(37)31(25(16)36)18-11-12-20(32)30-24(18)35/h7-8,10,17-18,27H,4-6,9,11-14H2,1-3H3,(H,28,33)(H,30,32,35)/t17-,18?/m0/s1. The van der Waals surface area contributed by atoms with E-state index in [0.29, 0.717) is 38.1 Å². The predicted molar refractivity (Wildman–Crippen MR) is 137 cm³/mol. The largest absolute Gasteiger partial charge is 0.483 e. The van der Waals surface area contributed by atoms with Crippen molar-refractivity contribution in [1.29, 1.82) is 0 Å². The van der Waals surface area contributed by atoms with E-state index in [2.05, 4.69) is 20.9 Å². The maximum atomic E-state index is 13.1. The van der Waals surface area contributed by atoms with Gasteiger partial charge in [-0.05, 0) is 58.2 Å². The Bertz CT molecular complexity index is 1160. The van der Waals surface area contributed by atoms with Gasteiger partial charge in [-0.3, -0.25) is 39.0 Å². The van der Waals surface area contributed by atoms with Crippen molar-refractivity contribution in [3.05, 3.63) is 29.3 Å². The molecular weight excluding hydrogens is 494 g/mol. The van der Waals surface area contributed by atoms with Crippen molar-refractivity contribution in [3.8, 4) is 5.75 Å². The molecule has 3 N–H and O–H groups in total. The van der Waals surface area contributed by atoms with Gasteiger partial charge in [0.25, 0.3) is 23.6 Å². The second kappa shape index (κ2) is 13.0. The molecule has 38 heavy (non-hydrogen) atoms. The molecule has 12 nitrogen and oxygen atoms in total. The number of hydrogen-bond donors (Lipinski definition) is 3. The number of carbonyl (C=O) groups excluding carboxylic acids is 6. The molecule has 6 amide bonds. The van der Waals surface area contributed by atoms with Crippen LogP contribution in [0.15, 0.2) is 23.2 Å². The van der Waals surface area contributed by atoms with Crippen LogP contribution in [0.3, 0.4) is 0 Å². The maximum Gasteiger partial charge on any atom is 0.266 e. The van der Waals surface area contributed by atoms with Crippen molar-refractivity contribution in [2.75, 3.05) is 19.7 Å². The number of aliphatic imine (C=N–C) groups is 1. The van der Waals surface area contributed by atoms with Gasteiger partial charge in [-0.1, -0.05) is 13.0 Å². The van der Waals surface area contributed by atoms with Crippen LogP contribution in [-0.4, -0.2) is 77.8 Å². The molecule has 2 heterocycles. The SMILES string of the molecule is CCN[C@@H](CCCCNC(=O)COc1cccc2c1C(=O)N(C1CCC(=O)NC1=O)C2=O)C(=O)N=C(C)C. The predicted octanol–water partition coefficient (Wildman–Crippen LogP) is 0.739. The first-order valence-electron chi connectivity index (χ1n) is 12.7. The Morgan fingerprint density at radius 3 is 2.61 bits per heavy atom. The zero-order valence-corrected chi connectivity index (χ0v) is 21.8. The number of nitrogens with zero attached hydrogens (tertiary/aromatic N) is 2. The van der Waals surface area contributed by atoms with Gasteiger partial charge in [0.15, 0.2) is 6.61 Å². The molecule has 1 fully saturated rings. The third-order valence-electron chi connectivity index (χ3n) is 6.11. The van der Waals surface area contributed by atoms with E-state index in [1.165, 1.54) is 18.2 Å². The number of likely N-dealkylation sites (N-methyl/N-ethyl adjacent to an activating group) is 1. The molecular formula is C26H33N5O7. The number of amides is 6. The molecule has 0 spiro atoms. The average Bonchev–Trinajstić information content (AvgIpc) is 3.11. The Morgan fingerprint density at radius 2 is 1.92 bits per heavy atom. The Morgan fingerprint density at radius 1 is 1.16 bits per heavy atom. The first kappa shape index (κ1) is 28.6. The number of carbonyl (C=O) groups is 6. The smallest absolute Gasteiger partial charge is 0.266 e. The molecule has 0 aliphatic carbocycles. The van der Waals surface area contributed by atoms with Crippen molar-refractivity contribution in [2.45, 2.75) is 65.0 Å². The van der Waals surface area contributed by atoms with Crippen molar-refractivity contribution in [3.63, 3.8) is 0 Å². The van der Waals surface area contributed by atoms with Crippen LogP contribution in [0.5, 0.6) is 5.75 Å². The molecule has 0 bridgehead atoms. The van der Waals surface area contributed by atoms with E-state index in [1.54, 1.807) is 13.8 Å². The number of unbranched alkanes of at least 4 members (excludes halogenated alkanes) is 1. The number of nitrogens with one attached hydrogen (secondary N) is 3. The molecule has 1 aromatic rings. The number of benzene rings is 1. The molecule has 0 saturated carbocycles. The number of rotatable bonds is 12. The van der Waals surface area contributed by atoms with Gasteiger partial charge in [-0.15, -0.1) is 0 Å².